The fourth-order valence-electron chi connectivity index (χ4n) is 4.29. The molecule has 4 rings (SSSR count). The molecule has 34 heavy (non-hydrogen) atoms. The van der Waals surface area contributed by atoms with Crippen LogP contribution in [0.25, 0.3) is 0 Å². The van der Waals surface area contributed by atoms with Gasteiger partial charge < -0.3 is 4.90 Å². The van der Waals surface area contributed by atoms with Crippen LogP contribution in [0.3, 0.4) is 0 Å². The normalized spacial score (nSPS) is 19.6. The molecule has 0 saturated heterocycles. The first-order chi connectivity index (χ1) is 15.9. The molecule has 1 heterocycles. The van der Waals surface area contributed by atoms with Crippen LogP contribution in [0.4, 0.5) is 26.3 Å². The zero-order valence-corrected chi connectivity index (χ0v) is 19.1. The maximum atomic E-state index is 14.2. The summed E-state index contributed by atoms with van der Waals surface area (Å²) in [5.41, 5.74) is -4.66. The SMILES string of the molecule is FC(F)(F)C1(C(F)(F)F)N=C(c2ccccc2)N(C2CCCCC2)C(c2ccc(Cl)cc2Cl)=N1. The Balaban J connectivity index is 2.06. The molecule has 3 nitrogen and oxygen atoms in total. The number of benzene rings is 2. The van der Waals surface area contributed by atoms with Crippen molar-refractivity contribution in [3.8, 4) is 0 Å². The summed E-state index contributed by atoms with van der Waals surface area (Å²) in [6.07, 6.45) is -8.13. The van der Waals surface area contributed by atoms with E-state index < -0.39 is 35.7 Å². The molecule has 0 amide bonds. The third-order valence-corrected chi connectivity index (χ3v) is 6.47. The van der Waals surface area contributed by atoms with E-state index in [1.807, 2.05) is 0 Å². The van der Waals surface area contributed by atoms with Crippen molar-refractivity contribution in [1.82, 2.24) is 4.90 Å². The maximum absolute atomic E-state index is 14.2. The van der Waals surface area contributed by atoms with Crippen molar-refractivity contribution in [1.29, 1.82) is 0 Å². The number of hydrogen-bond donors (Lipinski definition) is 0. The lowest BCUT2D eigenvalue weighted by atomic mass is 9.92. The van der Waals surface area contributed by atoms with Crippen molar-refractivity contribution >= 4 is 34.9 Å². The number of alkyl halides is 6. The molecule has 0 aromatic heterocycles. The third-order valence-electron chi connectivity index (χ3n) is 5.93. The van der Waals surface area contributed by atoms with Crippen LogP contribution in [0.2, 0.25) is 10.0 Å². The Morgan fingerprint density at radius 2 is 1.38 bits per heavy atom. The Morgan fingerprint density at radius 3 is 1.94 bits per heavy atom. The highest BCUT2D eigenvalue weighted by Crippen LogP contribution is 2.50. The van der Waals surface area contributed by atoms with Gasteiger partial charge in [-0.25, -0.2) is 9.98 Å². The molecule has 2 aromatic carbocycles. The molecule has 11 heteroatoms. The maximum Gasteiger partial charge on any atom is 0.443 e. The average Bonchev–Trinajstić information content (AvgIpc) is 2.78. The Labute approximate surface area is 202 Å². The summed E-state index contributed by atoms with van der Waals surface area (Å²) in [6.45, 7) is 0. The molecule has 1 fully saturated rings. The minimum atomic E-state index is -5.85. The van der Waals surface area contributed by atoms with Crippen molar-refractivity contribution < 1.29 is 26.3 Å². The fraction of sp³-hybridized carbons (Fsp3) is 0.391. The van der Waals surface area contributed by atoms with Gasteiger partial charge in [-0.15, -0.1) is 0 Å². The van der Waals surface area contributed by atoms with Crippen molar-refractivity contribution in [2.75, 3.05) is 0 Å². The molecule has 0 spiro atoms. The quantitative estimate of drug-likeness (QED) is 0.381. The Hall–Kier alpha value is -2.26. The van der Waals surface area contributed by atoms with E-state index in [4.69, 9.17) is 23.2 Å². The summed E-state index contributed by atoms with van der Waals surface area (Å²) in [7, 11) is 0. The zero-order valence-electron chi connectivity index (χ0n) is 17.6. The predicted molar refractivity (Wildman–Crippen MR) is 120 cm³/mol. The number of amidine groups is 2. The van der Waals surface area contributed by atoms with Gasteiger partial charge in [-0.3, -0.25) is 0 Å². The standard InChI is InChI=1S/C23H19Cl2F6N3/c24-15-11-12-17(18(25)13-15)20-33-21(22(26,27)28,23(29,30)31)32-19(14-7-3-1-4-8-14)34(20)16-9-5-2-6-10-16/h1,3-4,7-8,11-13,16H,2,5-6,9-10H2. The van der Waals surface area contributed by atoms with E-state index in [0.29, 0.717) is 12.8 Å². The summed E-state index contributed by atoms with van der Waals surface area (Å²) in [5.74, 6) is -0.977. The van der Waals surface area contributed by atoms with Gasteiger partial charge in [-0.1, -0.05) is 72.8 Å². The topological polar surface area (TPSA) is 28.0 Å². The van der Waals surface area contributed by atoms with Crippen molar-refractivity contribution in [3.63, 3.8) is 0 Å². The molecule has 0 radical (unpaired) electrons. The van der Waals surface area contributed by atoms with E-state index >= 15 is 0 Å². The molecular formula is C23H19Cl2F6N3. The molecule has 1 aliphatic heterocycles. The molecule has 2 aromatic rings. The molecule has 0 N–H and O–H groups in total. The first-order valence-corrected chi connectivity index (χ1v) is 11.3. The van der Waals surface area contributed by atoms with E-state index in [1.165, 1.54) is 47.4 Å². The summed E-state index contributed by atoms with van der Waals surface area (Å²) < 4.78 is 85.2. The van der Waals surface area contributed by atoms with Crippen LogP contribution in [-0.2, 0) is 0 Å². The second kappa shape index (κ2) is 9.07. The van der Waals surface area contributed by atoms with Crippen LogP contribution in [0.1, 0.15) is 43.2 Å². The van der Waals surface area contributed by atoms with Crippen molar-refractivity contribution in [2.24, 2.45) is 9.98 Å². The minimum Gasteiger partial charge on any atom is -0.307 e. The summed E-state index contributed by atoms with van der Waals surface area (Å²) in [5, 5.41) is 0.0730. The highest BCUT2D eigenvalue weighted by atomic mass is 35.5. The summed E-state index contributed by atoms with van der Waals surface area (Å²) >= 11 is 12.2. The summed E-state index contributed by atoms with van der Waals surface area (Å²) in [6, 6.07) is 11.0. The van der Waals surface area contributed by atoms with Gasteiger partial charge in [-0.05, 0) is 31.0 Å². The number of rotatable bonds is 3. The highest BCUT2D eigenvalue weighted by Gasteiger charge is 2.74. The number of aliphatic imine (C=N–C) groups is 2. The zero-order chi connectivity index (χ0) is 24.7. The first kappa shape index (κ1) is 24.9. The van der Waals surface area contributed by atoms with E-state index in [1.54, 1.807) is 6.07 Å². The number of hydrogen-bond acceptors (Lipinski definition) is 3. The Kier molecular flexibility index (Phi) is 6.63. The first-order valence-electron chi connectivity index (χ1n) is 10.6. The van der Waals surface area contributed by atoms with Crippen LogP contribution in [0.15, 0.2) is 58.5 Å². The van der Waals surface area contributed by atoms with Crippen molar-refractivity contribution in [3.05, 3.63) is 69.7 Å². The van der Waals surface area contributed by atoms with Crippen LogP contribution in [0.5, 0.6) is 0 Å². The van der Waals surface area contributed by atoms with Gasteiger partial charge in [0.2, 0.25) is 0 Å². The lowest BCUT2D eigenvalue weighted by molar-refractivity contribution is -0.293. The van der Waals surface area contributed by atoms with E-state index in [2.05, 4.69) is 9.98 Å². The van der Waals surface area contributed by atoms with Crippen molar-refractivity contribution in [2.45, 2.75) is 56.2 Å². The average molecular weight is 522 g/mol. The lowest BCUT2D eigenvalue weighted by Gasteiger charge is -2.44. The van der Waals surface area contributed by atoms with Crippen LogP contribution >= 0.6 is 23.2 Å². The van der Waals surface area contributed by atoms with Crippen LogP contribution in [-0.4, -0.2) is 40.6 Å². The largest absolute Gasteiger partial charge is 0.443 e. The Morgan fingerprint density at radius 1 is 0.794 bits per heavy atom. The number of nitrogens with zero attached hydrogens (tertiary/aromatic N) is 3. The van der Waals surface area contributed by atoms with Gasteiger partial charge in [0.15, 0.2) is 0 Å². The van der Waals surface area contributed by atoms with E-state index in [0.717, 1.165) is 19.3 Å². The molecule has 2 aliphatic rings. The molecule has 1 aliphatic carbocycles. The molecule has 0 unspecified atom stereocenters. The second-order valence-corrected chi connectivity index (χ2v) is 9.03. The Bertz CT molecular complexity index is 1090. The van der Waals surface area contributed by atoms with Gasteiger partial charge in [0, 0.05) is 22.2 Å². The monoisotopic (exact) mass is 521 g/mol. The van der Waals surface area contributed by atoms with Gasteiger partial charge in [-0.2, -0.15) is 26.3 Å². The van der Waals surface area contributed by atoms with Crippen LogP contribution < -0.4 is 0 Å². The van der Waals surface area contributed by atoms with Gasteiger partial charge in [0.1, 0.15) is 11.7 Å². The van der Waals surface area contributed by atoms with Gasteiger partial charge in [0.05, 0.1) is 5.02 Å². The highest BCUT2D eigenvalue weighted by molar-refractivity contribution is 6.37. The summed E-state index contributed by atoms with van der Waals surface area (Å²) in [4.78, 5) is 8.06. The van der Waals surface area contributed by atoms with Gasteiger partial charge >= 0.3 is 18.0 Å². The molecular weight excluding hydrogens is 503 g/mol. The fourth-order valence-corrected chi connectivity index (χ4v) is 4.78. The second-order valence-electron chi connectivity index (χ2n) is 8.19. The molecule has 0 bridgehead atoms. The molecule has 0 atom stereocenters. The lowest BCUT2D eigenvalue weighted by Crippen LogP contribution is -2.61. The van der Waals surface area contributed by atoms with Crippen LogP contribution in [0, 0.1) is 0 Å². The van der Waals surface area contributed by atoms with Gasteiger partial charge in [0.25, 0.3) is 0 Å². The molecule has 1 saturated carbocycles. The van der Waals surface area contributed by atoms with E-state index in [9.17, 15) is 26.3 Å². The smallest absolute Gasteiger partial charge is 0.307 e. The predicted octanol–water partition coefficient (Wildman–Crippen LogP) is 7.66. The van der Waals surface area contributed by atoms with E-state index in [-0.39, 0.29) is 21.2 Å². The third kappa shape index (κ3) is 4.40. The minimum absolute atomic E-state index is 0.0853. The number of halogens is 8. The molecule has 182 valence electrons.